The fourth-order valence-corrected chi connectivity index (χ4v) is 3.63. The number of hydrogen-bond donors (Lipinski definition) is 1. The minimum atomic E-state index is -0.285. The van der Waals surface area contributed by atoms with E-state index >= 15 is 0 Å². The molecule has 1 N–H and O–H groups in total. The number of hydrogen-bond acceptors (Lipinski definition) is 4. The number of anilines is 3. The first-order valence-corrected chi connectivity index (χ1v) is 9.95. The molecule has 3 aromatic rings. The summed E-state index contributed by atoms with van der Waals surface area (Å²) in [5.41, 5.74) is 3.30. The number of nitrogens with one attached hydrogen (secondary N) is 1. The average Bonchev–Trinajstić information content (AvgIpc) is 2.64. The number of rotatable bonds is 5. The van der Waals surface area contributed by atoms with Crippen molar-refractivity contribution in [1.82, 2.24) is 9.97 Å². The van der Waals surface area contributed by atoms with Crippen molar-refractivity contribution in [3.63, 3.8) is 0 Å². The molecule has 30 heavy (non-hydrogen) atoms. The highest BCUT2D eigenvalue weighted by molar-refractivity contribution is 6.36. The van der Waals surface area contributed by atoms with Crippen LogP contribution in [0.15, 0.2) is 48.7 Å². The van der Waals surface area contributed by atoms with Crippen molar-refractivity contribution >= 4 is 52.2 Å². The molecule has 3 rings (SSSR count). The van der Waals surface area contributed by atoms with Gasteiger partial charge >= 0.3 is 0 Å². The maximum absolute atomic E-state index is 12.5. The lowest BCUT2D eigenvalue weighted by atomic mass is 10.1. The van der Waals surface area contributed by atoms with Crippen LogP contribution < -0.4 is 10.2 Å². The molecule has 0 bridgehead atoms. The minimum absolute atomic E-state index is 0.0231. The quantitative estimate of drug-likeness (QED) is 0.583. The number of nitrogens with zero attached hydrogens (tertiary/aromatic N) is 3. The van der Waals surface area contributed by atoms with E-state index in [-0.39, 0.29) is 18.2 Å². The highest BCUT2D eigenvalue weighted by atomic mass is 35.5. The maximum Gasteiger partial charge on any atom is 0.229 e. The van der Waals surface area contributed by atoms with Crippen molar-refractivity contribution < 1.29 is 9.59 Å². The molecule has 0 aliphatic heterocycles. The predicted molar refractivity (Wildman–Crippen MR) is 120 cm³/mol. The fourth-order valence-electron chi connectivity index (χ4n) is 3.10. The summed E-state index contributed by atoms with van der Waals surface area (Å²) in [5, 5.41) is 3.67. The summed E-state index contributed by atoms with van der Waals surface area (Å²) in [6, 6.07) is 12.0. The number of benzene rings is 1. The van der Waals surface area contributed by atoms with E-state index in [1.807, 2.05) is 13.8 Å². The van der Waals surface area contributed by atoms with Gasteiger partial charge in [-0.1, -0.05) is 29.3 Å². The molecule has 0 saturated carbocycles. The van der Waals surface area contributed by atoms with Crippen LogP contribution in [0.5, 0.6) is 0 Å². The van der Waals surface area contributed by atoms with Crippen LogP contribution in [0.1, 0.15) is 23.9 Å². The Kier molecular flexibility index (Phi) is 6.70. The summed E-state index contributed by atoms with van der Waals surface area (Å²) in [6.45, 7) is 5.18. The number of aryl methyl sites for hydroxylation is 2. The Morgan fingerprint density at radius 1 is 1.03 bits per heavy atom. The van der Waals surface area contributed by atoms with Crippen molar-refractivity contribution in [3.05, 3.63) is 75.7 Å². The van der Waals surface area contributed by atoms with Gasteiger partial charge in [0, 0.05) is 46.3 Å². The van der Waals surface area contributed by atoms with Crippen LogP contribution >= 0.6 is 23.2 Å². The fraction of sp³-hybridized carbons (Fsp3) is 0.182. The Morgan fingerprint density at radius 3 is 2.27 bits per heavy atom. The summed E-state index contributed by atoms with van der Waals surface area (Å²) >= 11 is 12.3. The van der Waals surface area contributed by atoms with Crippen LogP contribution in [0, 0.1) is 13.8 Å². The van der Waals surface area contributed by atoms with Crippen molar-refractivity contribution in [2.24, 2.45) is 0 Å². The van der Waals surface area contributed by atoms with E-state index < -0.39 is 0 Å². The number of aromatic nitrogens is 2. The van der Waals surface area contributed by atoms with Crippen LogP contribution in [0.4, 0.5) is 17.2 Å². The Hall–Kier alpha value is -2.96. The van der Waals surface area contributed by atoms with Gasteiger partial charge in [-0.3, -0.25) is 19.5 Å². The molecule has 1 aromatic carbocycles. The van der Waals surface area contributed by atoms with E-state index in [4.69, 9.17) is 23.2 Å². The second kappa shape index (κ2) is 9.24. The van der Waals surface area contributed by atoms with Crippen molar-refractivity contribution in [2.75, 3.05) is 10.2 Å². The standard InChI is InChI=1S/C22H20Cl2N4O2/c1-13-9-17(10-14(2)26-13)28(15(3)29)21-11-16(7-8-25-21)27-22(30)12-18-19(23)5-4-6-20(18)24/h4-11H,12H2,1-3H3,(H,25,27,30). The number of carbonyl (C=O) groups is 2. The van der Waals surface area contributed by atoms with E-state index in [1.165, 1.54) is 18.0 Å². The van der Waals surface area contributed by atoms with Crippen LogP contribution in [0.25, 0.3) is 0 Å². The molecule has 0 radical (unpaired) electrons. The number of halogens is 2. The summed E-state index contributed by atoms with van der Waals surface area (Å²) in [7, 11) is 0. The average molecular weight is 443 g/mol. The second-order valence-electron chi connectivity index (χ2n) is 6.79. The predicted octanol–water partition coefficient (Wildman–Crippen LogP) is 5.27. The SMILES string of the molecule is CC(=O)N(c1cc(C)nc(C)c1)c1cc(NC(=O)Cc2c(Cl)cccc2Cl)ccn1. The van der Waals surface area contributed by atoms with Gasteiger partial charge in [-0.15, -0.1) is 0 Å². The smallest absolute Gasteiger partial charge is 0.229 e. The van der Waals surface area contributed by atoms with Gasteiger partial charge in [-0.2, -0.15) is 0 Å². The van der Waals surface area contributed by atoms with Gasteiger partial charge in [0.05, 0.1) is 12.1 Å². The molecule has 0 fully saturated rings. The third-order valence-electron chi connectivity index (χ3n) is 4.30. The van der Waals surface area contributed by atoms with Crippen molar-refractivity contribution in [3.8, 4) is 0 Å². The third-order valence-corrected chi connectivity index (χ3v) is 5.00. The molecule has 154 valence electrons. The molecule has 0 aliphatic rings. The monoisotopic (exact) mass is 442 g/mol. The van der Waals surface area contributed by atoms with E-state index in [1.54, 1.807) is 42.5 Å². The maximum atomic E-state index is 12.5. The normalized spacial score (nSPS) is 10.6. The van der Waals surface area contributed by atoms with Gasteiger partial charge in [0.15, 0.2) is 0 Å². The highest BCUT2D eigenvalue weighted by Gasteiger charge is 2.18. The Morgan fingerprint density at radius 2 is 1.67 bits per heavy atom. The zero-order valence-corrected chi connectivity index (χ0v) is 18.3. The van der Waals surface area contributed by atoms with Gasteiger partial charge in [-0.05, 0) is 49.7 Å². The van der Waals surface area contributed by atoms with Crippen LogP contribution in [0.2, 0.25) is 10.0 Å². The minimum Gasteiger partial charge on any atom is -0.326 e. The molecule has 0 unspecified atom stereocenters. The molecular weight excluding hydrogens is 423 g/mol. The van der Waals surface area contributed by atoms with Crippen molar-refractivity contribution in [2.45, 2.75) is 27.2 Å². The second-order valence-corrected chi connectivity index (χ2v) is 7.60. The molecule has 0 atom stereocenters. The molecular formula is C22H20Cl2N4O2. The molecule has 2 amide bonds. The van der Waals surface area contributed by atoms with Gasteiger partial charge in [0.25, 0.3) is 0 Å². The van der Waals surface area contributed by atoms with E-state index in [0.717, 1.165) is 11.4 Å². The number of carbonyl (C=O) groups excluding carboxylic acids is 2. The lowest BCUT2D eigenvalue weighted by molar-refractivity contribution is -0.116. The van der Waals surface area contributed by atoms with E-state index in [0.29, 0.717) is 32.8 Å². The van der Waals surface area contributed by atoms with Crippen LogP contribution in [0.3, 0.4) is 0 Å². The summed E-state index contributed by atoms with van der Waals surface area (Å²) in [6.07, 6.45) is 1.56. The van der Waals surface area contributed by atoms with Gasteiger partial charge in [0.2, 0.25) is 11.8 Å². The van der Waals surface area contributed by atoms with Gasteiger partial charge in [-0.25, -0.2) is 4.98 Å². The summed E-state index contributed by atoms with van der Waals surface area (Å²) < 4.78 is 0. The van der Waals surface area contributed by atoms with E-state index in [2.05, 4.69) is 15.3 Å². The third kappa shape index (κ3) is 5.14. The summed E-state index contributed by atoms with van der Waals surface area (Å²) in [5.74, 6) is -0.105. The molecule has 0 spiro atoms. The Bertz CT molecular complexity index is 1080. The first-order valence-electron chi connectivity index (χ1n) is 9.19. The molecule has 2 aromatic heterocycles. The molecule has 0 saturated heterocycles. The first kappa shape index (κ1) is 21.7. The molecule has 0 aliphatic carbocycles. The molecule has 2 heterocycles. The zero-order chi connectivity index (χ0) is 21.8. The lowest BCUT2D eigenvalue weighted by Crippen LogP contribution is -2.24. The number of pyridine rings is 2. The van der Waals surface area contributed by atoms with Crippen LogP contribution in [-0.2, 0) is 16.0 Å². The van der Waals surface area contributed by atoms with Gasteiger partial charge in [0.1, 0.15) is 5.82 Å². The molecule has 6 nitrogen and oxygen atoms in total. The zero-order valence-electron chi connectivity index (χ0n) is 16.7. The van der Waals surface area contributed by atoms with Crippen molar-refractivity contribution in [1.29, 1.82) is 0 Å². The Labute approximate surface area is 184 Å². The molecule has 8 heteroatoms. The van der Waals surface area contributed by atoms with Gasteiger partial charge < -0.3 is 5.32 Å². The topological polar surface area (TPSA) is 75.2 Å². The number of amides is 2. The van der Waals surface area contributed by atoms with Crippen LogP contribution in [-0.4, -0.2) is 21.8 Å². The summed E-state index contributed by atoms with van der Waals surface area (Å²) in [4.78, 5) is 35.0. The lowest BCUT2D eigenvalue weighted by Gasteiger charge is -2.21. The first-order chi connectivity index (χ1) is 14.2. The largest absolute Gasteiger partial charge is 0.326 e. The van der Waals surface area contributed by atoms with E-state index in [9.17, 15) is 9.59 Å². The Balaban J connectivity index is 1.85. The highest BCUT2D eigenvalue weighted by Crippen LogP contribution is 2.28.